The van der Waals surface area contributed by atoms with Crippen LogP contribution < -0.4 is 5.32 Å². The lowest BCUT2D eigenvalue weighted by atomic mass is 10.00. The largest absolute Gasteiger partial charge is 0.468 e. The number of esters is 1. The molecular formula is C18H22N2O4. The Kier molecular flexibility index (Phi) is 5.39. The Bertz CT molecular complexity index is 656. The minimum Gasteiger partial charge on any atom is -0.468 e. The lowest BCUT2D eigenvalue weighted by Crippen LogP contribution is -2.58. The van der Waals surface area contributed by atoms with E-state index in [2.05, 4.69) is 10.1 Å². The summed E-state index contributed by atoms with van der Waals surface area (Å²) in [6, 6.07) is 9.57. The number of ether oxygens (including phenoxy) is 1. The highest BCUT2D eigenvalue weighted by molar-refractivity contribution is 5.95. The Hall–Kier alpha value is -2.63. The molecule has 1 heterocycles. The highest BCUT2D eigenvalue weighted by atomic mass is 16.5. The van der Waals surface area contributed by atoms with E-state index >= 15 is 0 Å². The van der Waals surface area contributed by atoms with Gasteiger partial charge in [-0.25, -0.2) is 0 Å². The van der Waals surface area contributed by atoms with Crippen molar-refractivity contribution in [3.05, 3.63) is 48.0 Å². The van der Waals surface area contributed by atoms with Gasteiger partial charge < -0.3 is 15.0 Å². The van der Waals surface area contributed by atoms with E-state index in [0.717, 1.165) is 5.56 Å². The van der Waals surface area contributed by atoms with Crippen molar-refractivity contribution in [1.82, 2.24) is 10.2 Å². The minimum absolute atomic E-state index is 0.198. The Morgan fingerprint density at radius 2 is 1.92 bits per heavy atom. The quantitative estimate of drug-likeness (QED) is 0.647. The van der Waals surface area contributed by atoms with E-state index in [1.165, 1.54) is 14.0 Å². The van der Waals surface area contributed by atoms with Gasteiger partial charge in [-0.15, -0.1) is 0 Å². The first kappa shape index (κ1) is 17.7. The third-order valence-corrected chi connectivity index (χ3v) is 4.18. The zero-order valence-electron chi connectivity index (χ0n) is 14.1. The molecule has 0 unspecified atom stereocenters. The van der Waals surface area contributed by atoms with Crippen LogP contribution in [0.4, 0.5) is 0 Å². The number of amides is 2. The summed E-state index contributed by atoms with van der Waals surface area (Å²) < 4.78 is 4.52. The number of carbonyl (C=O) groups excluding carboxylic acids is 3. The topological polar surface area (TPSA) is 75.7 Å². The lowest BCUT2D eigenvalue weighted by Gasteiger charge is -2.36. The second-order valence-electron chi connectivity index (χ2n) is 5.91. The van der Waals surface area contributed by atoms with Crippen molar-refractivity contribution in [3.63, 3.8) is 0 Å². The van der Waals surface area contributed by atoms with Crippen LogP contribution in [0.1, 0.15) is 19.4 Å². The maximum atomic E-state index is 12.5. The van der Waals surface area contributed by atoms with E-state index in [-0.39, 0.29) is 18.5 Å². The number of hydrogen-bond acceptors (Lipinski definition) is 4. The van der Waals surface area contributed by atoms with Gasteiger partial charge in [-0.05, 0) is 18.9 Å². The number of benzene rings is 1. The molecule has 0 radical (unpaired) electrons. The molecule has 0 bridgehead atoms. The maximum Gasteiger partial charge on any atom is 0.325 e. The third-order valence-electron chi connectivity index (χ3n) is 4.18. The SMILES string of the molecule is COC(=O)CNC(=O)[C@@]1(C)C=C[C@@H](Cc2ccccc2)N1C(C)=O. The molecule has 6 heteroatoms. The van der Waals surface area contributed by atoms with Crippen molar-refractivity contribution < 1.29 is 19.1 Å². The first-order valence-corrected chi connectivity index (χ1v) is 7.77. The second-order valence-corrected chi connectivity index (χ2v) is 5.91. The second kappa shape index (κ2) is 7.29. The van der Waals surface area contributed by atoms with Crippen LogP contribution in [-0.4, -0.2) is 47.9 Å². The monoisotopic (exact) mass is 330 g/mol. The summed E-state index contributed by atoms with van der Waals surface area (Å²) in [7, 11) is 1.25. The van der Waals surface area contributed by atoms with Gasteiger partial charge in [-0.3, -0.25) is 14.4 Å². The molecule has 1 aromatic carbocycles. The van der Waals surface area contributed by atoms with Crippen LogP contribution in [0.25, 0.3) is 0 Å². The molecule has 0 spiro atoms. The molecule has 2 atom stereocenters. The van der Waals surface area contributed by atoms with Gasteiger partial charge in [0.05, 0.1) is 13.2 Å². The van der Waals surface area contributed by atoms with Crippen molar-refractivity contribution in [2.24, 2.45) is 0 Å². The minimum atomic E-state index is -1.13. The van der Waals surface area contributed by atoms with E-state index in [9.17, 15) is 14.4 Å². The van der Waals surface area contributed by atoms with Crippen molar-refractivity contribution in [3.8, 4) is 0 Å². The molecule has 6 nitrogen and oxygen atoms in total. The number of hydrogen-bond donors (Lipinski definition) is 1. The van der Waals surface area contributed by atoms with Gasteiger partial charge in [-0.2, -0.15) is 0 Å². The summed E-state index contributed by atoms with van der Waals surface area (Å²) in [4.78, 5) is 37.5. The molecule has 1 aliphatic rings. The van der Waals surface area contributed by atoms with Gasteiger partial charge in [0.25, 0.3) is 0 Å². The molecule has 0 aliphatic carbocycles. The molecule has 0 saturated carbocycles. The van der Waals surface area contributed by atoms with Crippen LogP contribution in [0, 0.1) is 0 Å². The molecule has 0 saturated heterocycles. The van der Waals surface area contributed by atoms with Crippen LogP contribution >= 0.6 is 0 Å². The van der Waals surface area contributed by atoms with Crippen LogP contribution in [-0.2, 0) is 25.5 Å². The number of carbonyl (C=O) groups is 3. The van der Waals surface area contributed by atoms with E-state index in [0.29, 0.717) is 6.42 Å². The Labute approximate surface area is 141 Å². The van der Waals surface area contributed by atoms with Gasteiger partial charge in [0.15, 0.2) is 0 Å². The Morgan fingerprint density at radius 1 is 1.25 bits per heavy atom. The standard InChI is InChI=1S/C18H22N2O4/c1-13(21)20-15(11-14-7-5-4-6-8-14)9-10-18(20,2)17(23)19-12-16(22)24-3/h4-10,15H,11-12H2,1-3H3,(H,19,23)/t15-,18+/m0/s1. The molecule has 24 heavy (non-hydrogen) atoms. The fourth-order valence-corrected chi connectivity index (χ4v) is 2.97. The van der Waals surface area contributed by atoms with Crippen molar-refractivity contribution in [2.75, 3.05) is 13.7 Å². The summed E-state index contributed by atoms with van der Waals surface area (Å²) in [6.07, 6.45) is 4.21. The summed E-state index contributed by atoms with van der Waals surface area (Å²) in [5.74, 6) is -1.14. The smallest absolute Gasteiger partial charge is 0.325 e. The third kappa shape index (κ3) is 3.64. The van der Waals surface area contributed by atoms with E-state index < -0.39 is 17.4 Å². The Balaban J connectivity index is 2.15. The molecule has 0 fully saturated rings. The zero-order chi connectivity index (χ0) is 17.7. The molecule has 1 N–H and O–H groups in total. The molecular weight excluding hydrogens is 308 g/mol. The predicted molar refractivity (Wildman–Crippen MR) is 89.0 cm³/mol. The number of rotatable bonds is 5. The lowest BCUT2D eigenvalue weighted by molar-refractivity contribution is -0.145. The number of methoxy groups -OCH3 is 1. The number of nitrogens with one attached hydrogen (secondary N) is 1. The highest BCUT2D eigenvalue weighted by Crippen LogP contribution is 2.30. The Morgan fingerprint density at radius 3 is 2.50 bits per heavy atom. The first-order valence-electron chi connectivity index (χ1n) is 7.77. The summed E-state index contributed by atoms with van der Waals surface area (Å²) in [6.45, 7) is 2.88. The summed E-state index contributed by atoms with van der Waals surface area (Å²) in [5, 5.41) is 2.53. The van der Waals surface area contributed by atoms with E-state index in [1.807, 2.05) is 36.4 Å². The molecule has 0 aromatic heterocycles. The maximum absolute atomic E-state index is 12.5. The fraction of sp³-hybridized carbons (Fsp3) is 0.389. The van der Waals surface area contributed by atoms with Gasteiger partial charge in [0.2, 0.25) is 11.8 Å². The van der Waals surface area contributed by atoms with Crippen LogP contribution in [0.2, 0.25) is 0 Å². The van der Waals surface area contributed by atoms with Gasteiger partial charge in [0, 0.05) is 6.92 Å². The van der Waals surface area contributed by atoms with E-state index in [4.69, 9.17) is 0 Å². The highest BCUT2D eigenvalue weighted by Gasteiger charge is 2.45. The average molecular weight is 330 g/mol. The first-order chi connectivity index (χ1) is 11.4. The van der Waals surface area contributed by atoms with Crippen molar-refractivity contribution in [2.45, 2.75) is 31.8 Å². The normalized spacial score (nSPS) is 22.3. The van der Waals surface area contributed by atoms with Gasteiger partial charge >= 0.3 is 5.97 Å². The summed E-state index contributed by atoms with van der Waals surface area (Å²) in [5.41, 5.74) is -0.0446. The van der Waals surface area contributed by atoms with Gasteiger partial charge in [0.1, 0.15) is 12.1 Å². The summed E-state index contributed by atoms with van der Waals surface area (Å²) >= 11 is 0. The van der Waals surface area contributed by atoms with E-state index in [1.54, 1.807) is 17.9 Å². The molecule has 2 rings (SSSR count). The molecule has 1 aliphatic heterocycles. The van der Waals surface area contributed by atoms with Crippen molar-refractivity contribution in [1.29, 1.82) is 0 Å². The van der Waals surface area contributed by atoms with Crippen LogP contribution in [0.15, 0.2) is 42.5 Å². The van der Waals surface area contributed by atoms with Crippen LogP contribution in [0.3, 0.4) is 0 Å². The molecule has 1 aromatic rings. The average Bonchev–Trinajstić information content (AvgIpc) is 2.91. The number of nitrogens with zero attached hydrogens (tertiary/aromatic N) is 1. The molecule has 128 valence electrons. The predicted octanol–water partition coefficient (Wildman–Crippen LogP) is 1.06. The fourth-order valence-electron chi connectivity index (χ4n) is 2.97. The van der Waals surface area contributed by atoms with Gasteiger partial charge in [-0.1, -0.05) is 42.5 Å². The zero-order valence-corrected chi connectivity index (χ0v) is 14.1. The molecule has 2 amide bonds. The van der Waals surface area contributed by atoms with Crippen molar-refractivity contribution >= 4 is 17.8 Å². The van der Waals surface area contributed by atoms with Crippen LogP contribution in [0.5, 0.6) is 0 Å².